The minimum absolute atomic E-state index is 0.354. The van der Waals surface area contributed by atoms with E-state index in [1.165, 1.54) is 0 Å². The Bertz CT molecular complexity index is 331. The molecule has 1 heterocycles. The Kier molecular flexibility index (Phi) is 5.28. The standard InChI is InChI=1S/C12H20N2O2S/c1-12(2,3)16-11(15)14-7-4-6-13-10-5-8-17-9-10/h5,8-9,13H,4,6-7H2,1-3H3,(H,14,15). The monoisotopic (exact) mass is 256 g/mol. The molecule has 0 aromatic carbocycles. The van der Waals surface area contributed by atoms with Gasteiger partial charge in [0.25, 0.3) is 0 Å². The van der Waals surface area contributed by atoms with Gasteiger partial charge in [0.1, 0.15) is 5.60 Å². The number of hydrogen-bond donors (Lipinski definition) is 2. The van der Waals surface area contributed by atoms with E-state index in [1.807, 2.05) is 32.2 Å². The molecule has 0 aliphatic carbocycles. The summed E-state index contributed by atoms with van der Waals surface area (Å²) in [5.74, 6) is 0. The fraction of sp³-hybridized carbons (Fsp3) is 0.583. The summed E-state index contributed by atoms with van der Waals surface area (Å²) >= 11 is 1.66. The van der Waals surface area contributed by atoms with Gasteiger partial charge in [0.15, 0.2) is 0 Å². The molecule has 5 heteroatoms. The highest BCUT2D eigenvalue weighted by Gasteiger charge is 2.15. The van der Waals surface area contributed by atoms with Gasteiger partial charge >= 0.3 is 6.09 Å². The van der Waals surface area contributed by atoms with E-state index in [-0.39, 0.29) is 6.09 Å². The Labute approximate surface area is 106 Å². The quantitative estimate of drug-likeness (QED) is 0.796. The third-order valence-electron chi connectivity index (χ3n) is 1.87. The Hall–Kier alpha value is -1.23. The number of alkyl carbamates (subject to hydrolysis) is 1. The number of anilines is 1. The molecule has 0 fully saturated rings. The normalized spacial score (nSPS) is 11.0. The zero-order valence-electron chi connectivity index (χ0n) is 10.6. The van der Waals surface area contributed by atoms with E-state index in [1.54, 1.807) is 11.3 Å². The topological polar surface area (TPSA) is 50.4 Å². The Morgan fingerprint density at radius 1 is 1.41 bits per heavy atom. The number of rotatable bonds is 5. The Balaban J connectivity index is 2.02. The molecule has 1 aromatic heterocycles. The summed E-state index contributed by atoms with van der Waals surface area (Å²) in [7, 11) is 0. The van der Waals surface area contributed by atoms with Gasteiger partial charge in [0, 0.05) is 24.2 Å². The second-order valence-electron chi connectivity index (χ2n) is 4.72. The van der Waals surface area contributed by atoms with Crippen molar-refractivity contribution < 1.29 is 9.53 Å². The van der Waals surface area contributed by atoms with Crippen molar-refractivity contribution in [2.75, 3.05) is 18.4 Å². The molecule has 0 atom stereocenters. The van der Waals surface area contributed by atoms with Crippen LogP contribution in [-0.4, -0.2) is 24.8 Å². The van der Waals surface area contributed by atoms with E-state index in [0.29, 0.717) is 6.54 Å². The molecular weight excluding hydrogens is 236 g/mol. The summed E-state index contributed by atoms with van der Waals surface area (Å²) in [5, 5.41) is 10.1. The van der Waals surface area contributed by atoms with Crippen LogP contribution in [0.25, 0.3) is 0 Å². The molecule has 0 unspecified atom stereocenters. The lowest BCUT2D eigenvalue weighted by Gasteiger charge is -2.19. The molecule has 0 aliphatic rings. The van der Waals surface area contributed by atoms with Gasteiger partial charge in [-0.1, -0.05) is 0 Å². The summed E-state index contributed by atoms with van der Waals surface area (Å²) in [6.45, 7) is 7.01. The van der Waals surface area contributed by atoms with Gasteiger partial charge in [-0.05, 0) is 38.6 Å². The summed E-state index contributed by atoms with van der Waals surface area (Å²) in [6, 6.07) is 2.03. The number of carbonyl (C=O) groups excluding carboxylic acids is 1. The van der Waals surface area contributed by atoms with E-state index >= 15 is 0 Å². The molecule has 0 saturated carbocycles. The van der Waals surface area contributed by atoms with Crippen LogP contribution < -0.4 is 10.6 Å². The number of amides is 1. The first-order chi connectivity index (χ1) is 7.97. The molecule has 0 aliphatic heterocycles. The SMILES string of the molecule is CC(C)(C)OC(=O)NCCCNc1ccsc1. The number of carbonyl (C=O) groups is 1. The van der Waals surface area contributed by atoms with E-state index in [0.717, 1.165) is 18.7 Å². The van der Waals surface area contributed by atoms with Crippen LogP contribution in [-0.2, 0) is 4.74 Å². The zero-order valence-corrected chi connectivity index (χ0v) is 11.4. The summed E-state index contributed by atoms with van der Waals surface area (Å²) in [5.41, 5.74) is 0.700. The molecule has 1 amide bonds. The highest BCUT2D eigenvalue weighted by atomic mass is 32.1. The molecule has 1 rings (SSSR count). The number of thiophene rings is 1. The van der Waals surface area contributed by atoms with Crippen molar-refractivity contribution in [3.05, 3.63) is 16.8 Å². The minimum Gasteiger partial charge on any atom is -0.444 e. The minimum atomic E-state index is -0.432. The maximum Gasteiger partial charge on any atom is 0.407 e. The fourth-order valence-corrected chi connectivity index (χ4v) is 1.80. The van der Waals surface area contributed by atoms with Crippen LogP contribution in [0.2, 0.25) is 0 Å². The average molecular weight is 256 g/mol. The molecule has 0 spiro atoms. The van der Waals surface area contributed by atoms with Crippen molar-refractivity contribution in [1.82, 2.24) is 5.32 Å². The Morgan fingerprint density at radius 2 is 2.18 bits per heavy atom. The first-order valence-corrected chi connectivity index (χ1v) is 6.64. The second kappa shape index (κ2) is 6.49. The predicted molar refractivity (Wildman–Crippen MR) is 71.7 cm³/mol. The zero-order chi connectivity index (χ0) is 12.7. The Morgan fingerprint density at radius 3 is 2.76 bits per heavy atom. The molecule has 0 saturated heterocycles. The van der Waals surface area contributed by atoms with Crippen LogP contribution in [0.1, 0.15) is 27.2 Å². The van der Waals surface area contributed by atoms with Crippen molar-refractivity contribution in [3.8, 4) is 0 Å². The van der Waals surface area contributed by atoms with Crippen molar-refractivity contribution in [3.63, 3.8) is 0 Å². The molecule has 17 heavy (non-hydrogen) atoms. The third kappa shape index (κ3) is 6.84. The number of ether oxygens (including phenoxy) is 1. The number of hydrogen-bond acceptors (Lipinski definition) is 4. The molecule has 96 valence electrons. The van der Waals surface area contributed by atoms with Crippen LogP contribution in [0.5, 0.6) is 0 Å². The van der Waals surface area contributed by atoms with Crippen molar-refractivity contribution >= 4 is 23.1 Å². The van der Waals surface area contributed by atoms with E-state index in [2.05, 4.69) is 16.0 Å². The van der Waals surface area contributed by atoms with Crippen molar-refractivity contribution in [2.45, 2.75) is 32.8 Å². The molecule has 1 aromatic rings. The van der Waals surface area contributed by atoms with Gasteiger partial charge < -0.3 is 15.4 Å². The summed E-state index contributed by atoms with van der Waals surface area (Å²) in [4.78, 5) is 11.3. The van der Waals surface area contributed by atoms with Crippen LogP contribution >= 0.6 is 11.3 Å². The molecule has 0 bridgehead atoms. The van der Waals surface area contributed by atoms with Gasteiger partial charge in [0.05, 0.1) is 0 Å². The maximum atomic E-state index is 11.3. The second-order valence-corrected chi connectivity index (χ2v) is 5.50. The smallest absolute Gasteiger partial charge is 0.407 e. The summed E-state index contributed by atoms with van der Waals surface area (Å²) in [6.07, 6.45) is 0.516. The van der Waals surface area contributed by atoms with Crippen LogP contribution in [0.15, 0.2) is 16.8 Å². The van der Waals surface area contributed by atoms with E-state index in [4.69, 9.17) is 4.74 Å². The summed E-state index contributed by atoms with van der Waals surface area (Å²) < 4.78 is 5.12. The fourth-order valence-electron chi connectivity index (χ4n) is 1.19. The van der Waals surface area contributed by atoms with Gasteiger partial charge in [-0.15, -0.1) is 0 Å². The lowest BCUT2D eigenvalue weighted by molar-refractivity contribution is 0.0528. The predicted octanol–water partition coefficient (Wildman–Crippen LogP) is 3.07. The molecule has 4 nitrogen and oxygen atoms in total. The third-order valence-corrected chi connectivity index (χ3v) is 2.56. The van der Waals surface area contributed by atoms with Crippen molar-refractivity contribution in [2.24, 2.45) is 0 Å². The van der Waals surface area contributed by atoms with Crippen LogP contribution in [0.3, 0.4) is 0 Å². The van der Waals surface area contributed by atoms with Gasteiger partial charge in [-0.2, -0.15) is 11.3 Å². The lowest BCUT2D eigenvalue weighted by Crippen LogP contribution is -2.33. The molecule has 0 radical (unpaired) electrons. The van der Waals surface area contributed by atoms with Crippen LogP contribution in [0.4, 0.5) is 10.5 Å². The van der Waals surface area contributed by atoms with Gasteiger partial charge in [-0.3, -0.25) is 0 Å². The number of nitrogens with one attached hydrogen (secondary N) is 2. The first kappa shape index (κ1) is 13.8. The van der Waals surface area contributed by atoms with Crippen LogP contribution in [0, 0.1) is 0 Å². The molecule has 2 N–H and O–H groups in total. The van der Waals surface area contributed by atoms with Crippen molar-refractivity contribution in [1.29, 1.82) is 0 Å². The van der Waals surface area contributed by atoms with E-state index < -0.39 is 5.60 Å². The van der Waals surface area contributed by atoms with Gasteiger partial charge in [0.2, 0.25) is 0 Å². The van der Waals surface area contributed by atoms with Gasteiger partial charge in [-0.25, -0.2) is 4.79 Å². The average Bonchev–Trinajstić information content (AvgIpc) is 2.67. The first-order valence-electron chi connectivity index (χ1n) is 5.70. The van der Waals surface area contributed by atoms with E-state index in [9.17, 15) is 4.79 Å². The largest absolute Gasteiger partial charge is 0.444 e. The highest BCUT2D eigenvalue weighted by Crippen LogP contribution is 2.11. The highest BCUT2D eigenvalue weighted by molar-refractivity contribution is 7.08. The maximum absolute atomic E-state index is 11.3. The molecular formula is C12H20N2O2S. The lowest BCUT2D eigenvalue weighted by atomic mass is 10.2.